The van der Waals surface area contributed by atoms with Gasteiger partial charge < -0.3 is 9.88 Å². The lowest BCUT2D eigenvalue weighted by Gasteiger charge is -2.38. The number of rotatable bonds is 6. The van der Waals surface area contributed by atoms with Crippen molar-refractivity contribution in [3.63, 3.8) is 0 Å². The highest BCUT2D eigenvalue weighted by Gasteiger charge is 2.32. The van der Waals surface area contributed by atoms with Gasteiger partial charge in [-0.15, -0.1) is 5.10 Å². The zero-order valence-electron chi connectivity index (χ0n) is 19.1. The Morgan fingerprint density at radius 1 is 1.03 bits per heavy atom. The van der Waals surface area contributed by atoms with Crippen LogP contribution >= 0.6 is 0 Å². The lowest BCUT2D eigenvalue weighted by Crippen LogP contribution is -2.49. The van der Waals surface area contributed by atoms with E-state index in [1.54, 1.807) is 0 Å². The van der Waals surface area contributed by atoms with E-state index in [0.29, 0.717) is 17.9 Å². The number of fused-ring (bicyclic) bond motifs is 1. The smallest absolute Gasteiger partial charge is 0.253 e. The molecule has 0 spiro atoms. The van der Waals surface area contributed by atoms with Crippen LogP contribution < -0.4 is 5.56 Å². The van der Waals surface area contributed by atoms with Gasteiger partial charge in [-0.25, -0.2) is 4.68 Å². The number of piperazine rings is 1. The van der Waals surface area contributed by atoms with Crippen molar-refractivity contribution in [1.29, 1.82) is 0 Å². The van der Waals surface area contributed by atoms with Crippen LogP contribution in [-0.2, 0) is 6.54 Å². The average Bonchev–Trinajstić information content (AvgIpc) is 3.29. The van der Waals surface area contributed by atoms with Gasteiger partial charge in [0.25, 0.3) is 5.56 Å². The summed E-state index contributed by atoms with van der Waals surface area (Å²) in [6.07, 6.45) is 0. The van der Waals surface area contributed by atoms with Gasteiger partial charge in [-0.1, -0.05) is 55.5 Å². The fraction of sp³-hybridized carbons (Fsp3) is 0.360. The summed E-state index contributed by atoms with van der Waals surface area (Å²) in [6, 6.07) is 17.9. The maximum atomic E-state index is 13.4. The first-order valence-electron chi connectivity index (χ1n) is 11.5. The minimum atomic E-state index is -0.323. The number of benzene rings is 2. The van der Waals surface area contributed by atoms with Gasteiger partial charge >= 0.3 is 0 Å². The largest absolute Gasteiger partial charge is 0.321 e. The third-order valence-corrected chi connectivity index (χ3v) is 6.61. The third kappa shape index (κ3) is 4.31. The number of H-pyrrole nitrogens is 1. The lowest BCUT2D eigenvalue weighted by molar-refractivity contribution is 0.108. The molecule has 0 unspecified atom stereocenters. The summed E-state index contributed by atoms with van der Waals surface area (Å²) >= 11 is 0. The molecule has 1 fully saturated rings. The molecule has 1 atom stereocenters. The number of nitrogens with zero attached hydrogens (tertiary/aromatic N) is 6. The number of nitrogens with one attached hydrogen (secondary N) is 1. The summed E-state index contributed by atoms with van der Waals surface area (Å²) in [4.78, 5) is 21.3. The Morgan fingerprint density at radius 3 is 2.58 bits per heavy atom. The van der Waals surface area contributed by atoms with Gasteiger partial charge in [0, 0.05) is 31.7 Å². The molecule has 0 radical (unpaired) electrons. The van der Waals surface area contributed by atoms with Crippen LogP contribution in [0, 0.1) is 6.92 Å². The van der Waals surface area contributed by atoms with Crippen LogP contribution in [-0.4, -0.2) is 67.7 Å². The molecular formula is C25H29N7O. The summed E-state index contributed by atoms with van der Waals surface area (Å²) in [7, 11) is 0. The number of aromatic nitrogens is 5. The Kier molecular flexibility index (Phi) is 6.02. The number of tetrazole rings is 1. The van der Waals surface area contributed by atoms with Crippen molar-refractivity contribution in [1.82, 2.24) is 35.0 Å². The summed E-state index contributed by atoms with van der Waals surface area (Å²) in [5.41, 5.74) is 3.64. The Morgan fingerprint density at radius 2 is 1.82 bits per heavy atom. The predicted octanol–water partition coefficient (Wildman–Crippen LogP) is 2.60. The van der Waals surface area contributed by atoms with E-state index in [1.807, 2.05) is 54.1 Å². The van der Waals surface area contributed by atoms with Crippen LogP contribution in [0.1, 0.15) is 35.5 Å². The van der Waals surface area contributed by atoms with Gasteiger partial charge in [-0.05, 0) is 46.5 Å². The van der Waals surface area contributed by atoms with E-state index in [-0.39, 0.29) is 11.6 Å². The maximum absolute atomic E-state index is 13.4. The van der Waals surface area contributed by atoms with Crippen LogP contribution in [0.5, 0.6) is 0 Å². The van der Waals surface area contributed by atoms with Crippen molar-refractivity contribution in [2.45, 2.75) is 26.4 Å². The molecule has 0 saturated carbocycles. The SMILES string of the molecule is CCN1CCN([C@H](c2cc3cccc(C)c3[nH]c2=O)c2nnnn2Cc2ccccc2)CC1. The van der Waals surface area contributed by atoms with Crippen LogP contribution in [0.4, 0.5) is 0 Å². The summed E-state index contributed by atoms with van der Waals surface area (Å²) in [6.45, 7) is 9.39. The van der Waals surface area contributed by atoms with Crippen molar-refractivity contribution in [3.05, 3.63) is 87.5 Å². The minimum absolute atomic E-state index is 0.0889. The summed E-state index contributed by atoms with van der Waals surface area (Å²) in [5, 5.41) is 13.8. The van der Waals surface area contributed by atoms with Gasteiger partial charge in [0.15, 0.2) is 5.82 Å². The normalized spacial score (nSPS) is 16.3. The van der Waals surface area contributed by atoms with E-state index < -0.39 is 0 Å². The van der Waals surface area contributed by atoms with Crippen LogP contribution in [0.25, 0.3) is 10.9 Å². The third-order valence-electron chi connectivity index (χ3n) is 6.61. The van der Waals surface area contributed by atoms with Crippen LogP contribution in [0.15, 0.2) is 59.4 Å². The Labute approximate surface area is 192 Å². The molecule has 1 N–H and O–H groups in total. The minimum Gasteiger partial charge on any atom is -0.321 e. The van der Waals surface area contributed by atoms with Crippen LogP contribution in [0.3, 0.4) is 0 Å². The number of hydrogen-bond acceptors (Lipinski definition) is 6. The zero-order chi connectivity index (χ0) is 22.8. The second-order valence-corrected chi connectivity index (χ2v) is 8.65. The second kappa shape index (κ2) is 9.25. The molecule has 3 heterocycles. The first-order chi connectivity index (χ1) is 16.1. The molecule has 0 aliphatic carbocycles. The van der Waals surface area contributed by atoms with Gasteiger partial charge in [0.05, 0.1) is 12.1 Å². The Hall–Kier alpha value is -3.36. The van der Waals surface area contributed by atoms with Gasteiger partial charge in [-0.2, -0.15) is 0 Å². The quantitative estimate of drug-likeness (QED) is 0.493. The van der Waals surface area contributed by atoms with E-state index in [4.69, 9.17) is 0 Å². The molecule has 0 bridgehead atoms. The van der Waals surface area contributed by atoms with Crippen LogP contribution in [0.2, 0.25) is 0 Å². The predicted molar refractivity (Wildman–Crippen MR) is 128 cm³/mol. The fourth-order valence-electron chi connectivity index (χ4n) is 4.72. The molecule has 170 valence electrons. The molecule has 1 saturated heterocycles. The molecular weight excluding hydrogens is 414 g/mol. The lowest BCUT2D eigenvalue weighted by atomic mass is 10.0. The summed E-state index contributed by atoms with van der Waals surface area (Å²) < 4.78 is 1.83. The number of likely N-dealkylation sites (N-methyl/N-ethyl adjacent to an activating group) is 1. The standard InChI is InChI=1S/C25H29N7O/c1-3-30-12-14-31(15-13-30)23(21-16-20-11-7-8-18(2)22(20)26-25(21)33)24-27-28-29-32(24)17-19-9-5-4-6-10-19/h4-11,16,23H,3,12-15,17H2,1-2H3,(H,26,33)/t23-/m1/s1. The van der Waals surface area contributed by atoms with E-state index >= 15 is 0 Å². The van der Waals surface area contributed by atoms with Gasteiger partial charge in [-0.3, -0.25) is 9.69 Å². The number of para-hydroxylation sites is 1. The van der Waals surface area contributed by atoms with Gasteiger partial charge in [0.1, 0.15) is 6.04 Å². The van der Waals surface area contributed by atoms with Crippen molar-refractivity contribution in [2.24, 2.45) is 0 Å². The maximum Gasteiger partial charge on any atom is 0.253 e. The monoisotopic (exact) mass is 443 g/mol. The van der Waals surface area contributed by atoms with E-state index in [0.717, 1.165) is 54.8 Å². The van der Waals surface area contributed by atoms with Crippen molar-refractivity contribution < 1.29 is 0 Å². The van der Waals surface area contributed by atoms with E-state index in [9.17, 15) is 4.79 Å². The van der Waals surface area contributed by atoms with Crippen molar-refractivity contribution in [3.8, 4) is 0 Å². The molecule has 2 aromatic carbocycles. The first-order valence-corrected chi connectivity index (χ1v) is 11.5. The van der Waals surface area contributed by atoms with E-state index in [2.05, 4.69) is 49.4 Å². The Bertz CT molecular complexity index is 1290. The molecule has 1 aliphatic heterocycles. The highest BCUT2D eigenvalue weighted by Crippen LogP contribution is 2.28. The molecule has 8 nitrogen and oxygen atoms in total. The molecule has 0 amide bonds. The molecule has 5 rings (SSSR count). The number of aromatic amines is 1. The number of hydrogen-bond donors (Lipinski definition) is 1. The van der Waals surface area contributed by atoms with Crippen molar-refractivity contribution in [2.75, 3.05) is 32.7 Å². The zero-order valence-corrected chi connectivity index (χ0v) is 19.1. The molecule has 33 heavy (non-hydrogen) atoms. The highest BCUT2D eigenvalue weighted by molar-refractivity contribution is 5.82. The number of pyridine rings is 1. The number of aryl methyl sites for hydroxylation is 1. The van der Waals surface area contributed by atoms with Gasteiger partial charge in [0.2, 0.25) is 0 Å². The fourth-order valence-corrected chi connectivity index (χ4v) is 4.72. The van der Waals surface area contributed by atoms with Crippen molar-refractivity contribution >= 4 is 10.9 Å². The molecule has 4 aromatic rings. The Balaban J connectivity index is 1.60. The average molecular weight is 444 g/mol. The molecule has 8 heteroatoms. The summed E-state index contributed by atoms with van der Waals surface area (Å²) in [5.74, 6) is 0.696. The second-order valence-electron chi connectivity index (χ2n) is 8.65. The first kappa shape index (κ1) is 21.5. The molecule has 1 aliphatic rings. The molecule has 2 aromatic heterocycles. The van der Waals surface area contributed by atoms with E-state index in [1.165, 1.54) is 0 Å². The highest BCUT2D eigenvalue weighted by atomic mass is 16.1. The topological polar surface area (TPSA) is 82.9 Å².